The van der Waals surface area contributed by atoms with Crippen LogP contribution < -0.4 is 0 Å². The molecule has 0 aliphatic carbocycles. The largest absolute Gasteiger partial charge is 0.359 e. The molecule has 1 aromatic carbocycles. The van der Waals surface area contributed by atoms with Crippen molar-refractivity contribution in [1.82, 2.24) is 0 Å². The summed E-state index contributed by atoms with van der Waals surface area (Å²) in [5.41, 5.74) is 2.08. The second-order valence-corrected chi connectivity index (χ2v) is 2.87. The van der Waals surface area contributed by atoms with E-state index in [0.29, 0.717) is 13.4 Å². The van der Waals surface area contributed by atoms with Gasteiger partial charge in [0, 0.05) is 12.7 Å². The molecule has 0 heterocycles. The molecule has 1 aromatic rings. The van der Waals surface area contributed by atoms with Crippen LogP contribution in [-0.4, -0.2) is 20.5 Å². The molecule has 14 heavy (non-hydrogen) atoms. The Hall–Kier alpha value is -1.30. The van der Waals surface area contributed by atoms with E-state index in [2.05, 4.69) is 5.92 Å². The number of methoxy groups -OCH3 is 1. The number of rotatable bonds is 5. The summed E-state index contributed by atoms with van der Waals surface area (Å²) in [7, 11) is 1.61. The normalized spacial score (nSPS) is 9.71. The molecule has 0 fully saturated rings. The molecular formula is C12H14O2. The lowest BCUT2D eigenvalue weighted by Gasteiger charge is -2.04. The monoisotopic (exact) mass is 190 g/mol. The molecule has 0 saturated carbocycles. The van der Waals surface area contributed by atoms with Gasteiger partial charge in [-0.3, -0.25) is 0 Å². The highest BCUT2D eigenvalue weighted by atomic mass is 16.7. The Bertz CT molecular complexity index is 312. The molecule has 0 spiro atoms. The fourth-order valence-electron chi connectivity index (χ4n) is 1.20. The first kappa shape index (κ1) is 10.8. The zero-order chi connectivity index (χ0) is 10.2. The Labute approximate surface area is 84.8 Å². The number of terminal acetylenes is 1. The molecular weight excluding hydrogens is 176 g/mol. The van der Waals surface area contributed by atoms with Gasteiger partial charge in [0.1, 0.15) is 6.79 Å². The van der Waals surface area contributed by atoms with E-state index in [1.165, 1.54) is 0 Å². The second-order valence-electron chi connectivity index (χ2n) is 2.87. The summed E-state index contributed by atoms with van der Waals surface area (Å²) in [6.07, 6.45) is 6.19. The SMILES string of the molecule is C#Cc1ccccc1CCOCOC. The van der Waals surface area contributed by atoms with Gasteiger partial charge < -0.3 is 9.47 Å². The highest BCUT2D eigenvalue weighted by molar-refractivity contribution is 5.39. The first-order valence-electron chi connectivity index (χ1n) is 4.49. The fourth-order valence-corrected chi connectivity index (χ4v) is 1.20. The average Bonchev–Trinajstić information content (AvgIpc) is 2.25. The molecule has 0 saturated heterocycles. The second kappa shape index (κ2) is 6.20. The number of benzene rings is 1. The lowest BCUT2D eigenvalue weighted by Crippen LogP contribution is -2.02. The number of ether oxygens (including phenoxy) is 2. The quantitative estimate of drug-likeness (QED) is 0.400. The van der Waals surface area contributed by atoms with Crippen molar-refractivity contribution < 1.29 is 9.47 Å². The first-order valence-corrected chi connectivity index (χ1v) is 4.49. The van der Waals surface area contributed by atoms with E-state index >= 15 is 0 Å². The number of hydrogen-bond acceptors (Lipinski definition) is 2. The van der Waals surface area contributed by atoms with Gasteiger partial charge in [0.25, 0.3) is 0 Å². The third-order valence-electron chi connectivity index (χ3n) is 1.89. The van der Waals surface area contributed by atoms with Crippen molar-refractivity contribution in [2.24, 2.45) is 0 Å². The van der Waals surface area contributed by atoms with Crippen LogP contribution in [0.1, 0.15) is 11.1 Å². The zero-order valence-electron chi connectivity index (χ0n) is 8.32. The fraction of sp³-hybridized carbons (Fsp3) is 0.333. The van der Waals surface area contributed by atoms with Crippen molar-refractivity contribution in [1.29, 1.82) is 0 Å². The van der Waals surface area contributed by atoms with Gasteiger partial charge in [0.2, 0.25) is 0 Å². The summed E-state index contributed by atoms with van der Waals surface area (Å²) in [5.74, 6) is 2.65. The van der Waals surface area contributed by atoms with E-state index in [0.717, 1.165) is 17.5 Å². The van der Waals surface area contributed by atoms with E-state index in [9.17, 15) is 0 Å². The van der Waals surface area contributed by atoms with E-state index in [-0.39, 0.29) is 0 Å². The van der Waals surface area contributed by atoms with Crippen LogP contribution in [0, 0.1) is 12.3 Å². The summed E-state index contributed by atoms with van der Waals surface area (Å²) in [6, 6.07) is 7.87. The molecule has 0 bridgehead atoms. The van der Waals surface area contributed by atoms with Gasteiger partial charge in [-0.1, -0.05) is 24.1 Å². The highest BCUT2D eigenvalue weighted by Gasteiger charge is 1.98. The van der Waals surface area contributed by atoms with Gasteiger partial charge in [0.15, 0.2) is 0 Å². The molecule has 0 radical (unpaired) electrons. The number of hydrogen-bond donors (Lipinski definition) is 0. The van der Waals surface area contributed by atoms with E-state index < -0.39 is 0 Å². The molecule has 0 aromatic heterocycles. The van der Waals surface area contributed by atoms with Crippen molar-refractivity contribution in [3.63, 3.8) is 0 Å². The van der Waals surface area contributed by atoms with Gasteiger partial charge in [0.05, 0.1) is 6.61 Å². The van der Waals surface area contributed by atoms with Gasteiger partial charge in [-0.15, -0.1) is 6.42 Å². The molecule has 0 aliphatic heterocycles. The highest BCUT2D eigenvalue weighted by Crippen LogP contribution is 2.07. The molecule has 0 aliphatic rings. The Balaban J connectivity index is 2.46. The Morgan fingerprint density at radius 3 is 2.86 bits per heavy atom. The topological polar surface area (TPSA) is 18.5 Å². The summed E-state index contributed by atoms with van der Waals surface area (Å²) < 4.78 is 9.97. The maximum absolute atomic E-state index is 5.37. The van der Waals surface area contributed by atoms with Gasteiger partial charge in [-0.2, -0.15) is 0 Å². The van der Waals surface area contributed by atoms with Gasteiger partial charge in [-0.05, 0) is 18.1 Å². The maximum Gasteiger partial charge on any atom is 0.146 e. The van der Waals surface area contributed by atoms with Crippen LogP contribution in [0.3, 0.4) is 0 Å². The van der Waals surface area contributed by atoms with Crippen molar-refractivity contribution in [3.8, 4) is 12.3 Å². The van der Waals surface area contributed by atoms with Gasteiger partial charge in [-0.25, -0.2) is 0 Å². The first-order chi connectivity index (χ1) is 6.88. The summed E-state index contributed by atoms with van der Waals surface area (Å²) in [4.78, 5) is 0. The lowest BCUT2D eigenvalue weighted by molar-refractivity contribution is -0.0291. The minimum atomic E-state index is 0.332. The van der Waals surface area contributed by atoms with E-state index in [1.54, 1.807) is 7.11 Å². The third-order valence-corrected chi connectivity index (χ3v) is 1.89. The van der Waals surface area contributed by atoms with Crippen LogP contribution in [0.2, 0.25) is 0 Å². The summed E-state index contributed by atoms with van der Waals surface area (Å²) >= 11 is 0. The maximum atomic E-state index is 5.37. The lowest BCUT2D eigenvalue weighted by atomic mass is 10.1. The standard InChI is InChI=1S/C12H14O2/c1-3-11-6-4-5-7-12(11)8-9-14-10-13-2/h1,4-7H,8-10H2,2H3. The minimum Gasteiger partial charge on any atom is -0.359 e. The smallest absolute Gasteiger partial charge is 0.146 e. The van der Waals surface area contributed by atoms with Crippen LogP contribution in [0.4, 0.5) is 0 Å². The van der Waals surface area contributed by atoms with Crippen molar-refractivity contribution in [2.75, 3.05) is 20.5 Å². The van der Waals surface area contributed by atoms with Crippen LogP contribution in [0.25, 0.3) is 0 Å². The summed E-state index contributed by atoms with van der Waals surface area (Å²) in [6.45, 7) is 0.963. The van der Waals surface area contributed by atoms with E-state index in [1.807, 2.05) is 24.3 Å². The van der Waals surface area contributed by atoms with Crippen molar-refractivity contribution >= 4 is 0 Å². The molecule has 0 N–H and O–H groups in total. The molecule has 0 amide bonds. The molecule has 2 heteroatoms. The van der Waals surface area contributed by atoms with Crippen LogP contribution in [0.5, 0.6) is 0 Å². The van der Waals surface area contributed by atoms with Crippen LogP contribution in [-0.2, 0) is 15.9 Å². The van der Waals surface area contributed by atoms with Crippen molar-refractivity contribution in [3.05, 3.63) is 35.4 Å². The Kier molecular flexibility index (Phi) is 4.77. The molecule has 74 valence electrons. The molecule has 0 unspecified atom stereocenters. The average molecular weight is 190 g/mol. The van der Waals surface area contributed by atoms with Crippen LogP contribution in [0.15, 0.2) is 24.3 Å². The van der Waals surface area contributed by atoms with E-state index in [4.69, 9.17) is 15.9 Å². The zero-order valence-corrected chi connectivity index (χ0v) is 8.32. The molecule has 0 atom stereocenters. The Morgan fingerprint density at radius 2 is 2.14 bits per heavy atom. The van der Waals surface area contributed by atoms with Crippen molar-refractivity contribution in [2.45, 2.75) is 6.42 Å². The minimum absolute atomic E-state index is 0.332. The predicted molar refractivity (Wildman–Crippen MR) is 55.9 cm³/mol. The van der Waals surface area contributed by atoms with Crippen LogP contribution >= 0.6 is 0 Å². The summed E-state index contributed by atoms with van der Waals surface area (Å²) in [5, 5.41) is 0. The predicted octanol–water partition coefficient (Wildman–Crippen LogP) is 1.83. The Morgan fingerprint density at radius 1 is 1.36 bits per heavy atom. The van der Waals surface area contributed by atoms with Gasteiger partial charge >= 0.3 is 0 Å². The third kappa shape index (κ3) is 3.21. The molecule has 1 rings (SSSR count). The molecule has 2 nitrogen and oxygen atoms in total.